The van der Waals surface area contributed by atoms with Gasteiger partial charge in [0.1, 0.15) is 17.8 Å². The van der Waals surface area contributed by atoms with E-state index in [1.807, 2.05) is 50.2 Å². The minimum atomic E-state index is 0.327. The lowest BCUT2D eigenvalue weighted by molar-refractivity contribution is 0.465. The van der Waals surface area contributed by atoms with Gasteiger partial charge in [0.05, 0.1) is 0 Å². The molecule has 5 nitrogen and oxygen atoms in total. The lowest BCUT2D eigenvalue weighted by atomic mass is 10.1. The summed E-state index contributed by atoms with van der Waals surface area (Å²) in [5.41, 5.74) is 9.85. The summed E-state index contributed by atoms with van der Waals surface area (Å²) in [7, 11) is 0. The Balaban J connectivity index is 1.64. The monoisotopic (exact) mass is 356 g/mol. The van der Waals surface area contributed by atoms with Gasteiger partial charge in [0.25, 0.3) is 0 Å². The summed E-state index contributed by atoms with van der Waals surface area (Å²) in [6, 6.07) is 20.2. The van der Waals surface area contributed by atoms with Gasteiger partial charge in [-0.25, -0.2) is 4.98 Å². The normalized spacial score (nSPS) is 10.7. The minimum absolute atomic E-state index is 0.327. The summed E-state index contributed by atoms with van der Waals surface area (Å²) in [6.45, 7) is 4.08. The highest BCUT2D eigenvalue weighted by molar-refractivity contribution is 5.84. The molecule has 0 radical (unpaired) electrons. The predicted octanol–water partition coefficient (Wildman–Crippen LogP) is 5.36. The van der Waals surface area contributed by atoms with Crippen LogP contribution in [0.4, 0.5) is 17.2 Å². The number of aryl methyl sites for hydroxylation is 2. The Morgan fingerprint density at radius 1 is 0.889 bits per heavy atom. The summed E-state index contributed by atoms with van der Waals surface area (Å²) >= 11 is 0. The molecule has 0 aliphatic heterocycles. The Bertz CT molecular complexity index is 1120. The van der Waals surface area contributed by atoms with Crippen molar-refractivity contribution in [2.75, 3.05) is 11.1 Å². The number of anilines is 3. The first-order valence-corrected chi connectivity index (χ1v) is 8.71. The molecule has 0 bridgehead atoms. The fraction of sp³-hybridized carbons (Fsp3) is 0.0909. The number of nitrogens with one attached hydrogen (secondary N) is 1. The Hall–Kier alpha value is -3.60. The average molecular weight is 356 g/mol. The maximum absolute atomic E-state index is 6.27. The third-order valence-electron chi connectivity index (χ3n) is 4.43. The van der Waals surface area contributed by atoms with Crippen LogP contribution in [0.15, 0.2) is 67.0 Å². The van der Waals surface area contributed by atoms with Crippen LogP contribution in [0.1, 0.15) is 11.1 Å². The molecule has 1 heterocycles. The second-order valence-electron chi connectivity index (χ2n) is 6.50. The number of benzene rings is 3. The molecule has 0 aliphatic rings. The molecule has 27 heavy (non-hydrogen) atoms. The fourth-order valence-corrected chi connectivity index (χ4v) is 2.90. The summed E-state index contributed by atoms with van der Waals surface area (Å²) in [5.74, 6) is 1.53. The Morgan fingerprint density at radius 3 is 2.56 bits per heavy atom. The van der Waals surface area contributed by atoms with Crippen molar-refractivity contribution in [2.45, 2.75) is 13.8 Å². The van der Waals surface area contributed by atoms with E-state index in [1.54, 1.807) is 0 Å². The maximum Gasteiger partial charge on any atom is 0.248 e. The van der Waals surface area contributed by atoms with E-state index in [9.17, 15) is 0 Å². The largest absolute Gasteiger partial charge is 0.437 e. The van der Waals surface area contributed by atoms with Crippen molar-refractivity contribution >= 4 is 28.0 Å². The zero-order chi connectivity index (χ0) is 18.8. The van der Waals surface area contributed by atoms with Gasteiger partial charge in [-0.05, 0) is 53.9 Å². The van der Waals surface area contributed by atoms with E-state index >= 15 is 0 Å². The number of hydrogen-bond donors (Lipinski definition) is 2. The molecule has 0 fully saturated rings. The molecule has 4 aromatic rings. The second-order valence-corrected chi connectivity index (χ2v) is 6.50. The third-order valence-corrected chi connectivity index (χ3v) is 4.43. The molecule has 3 N–H and O–H groups in total. The minimum Gasteiger partial charge on any atom is -0.437 e. The highest BCUT2D eigenvalue weighted by Crippen LogP contribution is 2.32. The molecule has 1 aromatic heterocycles. The van der Waals surface area contributed by atoms with Crippen LogP contribution < -0.4 is 15.8 Å². The molecule has 0 spiro atoms. The average Bonchev–Trinajstić information content (AvgIpc) is 2.68. The van der Waals surface area contributed by atoms with E-state index in [1.165, 1.54) is 6.33 Å². The van der Waals surface area contributed by atoms with Gasteiger partial charge in [-0.2, -0.15) is 4.98 Å². The van der Waals surface area contributed by atoms with Gasteiger partial charge in [-0.3, -0.25) is 0 Å². The molecule has 4 rings (SSSR count). The van der Waals surface area contributed by atoms with E-state index in [4.69, 9.17) is 10.5 Å². The molecular formula is C22H20N4O. The predicted molar refractivity (Wildman–Crippen MR) is 110 cm³/mol. The van der Waals surface area contributed by atoms with Crippen LogP contribution in [0, 0.1) is 13.8 Å². The van der Waals surface area contributed by atoms with Gasteiger partial charge in [-0.15, -0.1) is 0 Å². The van der Waals surface area contributed by atoms with Crippen LogP contribution in [-0.2, 0) is 0 Å². The Labute approximate surface area is 157 Å². The van der Waals surface area contributed by atoms with Crippen LogP contribution in [0.2, 0.25) is 0 Å². The number of aromatic nitrogens is 2. The number of nitrogens with two attached hydrogens (primary N) is 1. The molecular weight excluding hydrogens is 336 g/mol. The molecule has 0 unspecified atom stereocenters. The molecule has 0 aliphatic carbocycles. The van der Waals surface area contributed by atoms with E-state index in [0.29, 0.717) is 23.1 Å². The fourth-order valence-electron chi connectivity index (χ4n) is 2.90. The number of hydrogen-bond acceptors (Lipinski definition) is 5. The number of ether oxygens (including phenoxy) is 1. The molecule has 134 valence electrons. The molecule has 5 heteroatoms. The van der Waals surface area contributed by atoms with Crippen molar-refractivity contribution in [3.63, 3.8) is 0 Å². The summed E-state index contributed by atoms with van der Waals surface area (Å²) in [5, 5.41) is 5.53. The summed E-state index contributed by atoms with van der Waals surface area (Å²) < 4.78 is 5.93. The van der Waals surface area contributed by atoms with E-state index < -0.39 is 0 Å². The van der Waals surface area contributed by atoms with Crippen molar-refractivity contribution in [3.05, 3.63) is 78.1 Å². The lowest BCUT2D eigenvalue weighted by Crippen LogP contribution is -2.04. The van der Waals surface area contributed by atoms with Gasteiger partial charge in [0, 0.05) is 5.69 Å². The highest BCUT2D eigenvalue weighted by atomic mass is 16.5. The smallest absolute Gasteiger partial charge is 0.248 e. The van der Waals surface area contributed by atoms with Crippen LogP contribution in [0.25, 0.3) is 10.8 Å². The first-order valence-electron chi connectivity index (χ1n) is 8.71. The quantitative estimate of drug-likeness (QED) is 0.514. The Morgan fingerprint density at radius 2 is 1.70 bits per heavy atom. The van der Waals surface area contributed by atoms with Gasteiger partial charge in [0.15, 0.2) is 5.82 Å². The first-order chi connectivity index (χ1) is 13.1. The van der Waals surface area contributed by atoms with Crippen molar-refractivity contribution in [2.24, 2.45) is 0 Å². The summed E-state index contributed by atoms with van der Waals surface area (Å²) in [4.78, 5) is 8.47. The van der Waals surface area contributed by atoms with Crippen molar-refractivity contribution < 1.29 is 4.74 Å². The van der Waals surface area contributed by atoms with Crippen LogP contribution in [0.5, 0.6) is 11.6 Å². The topological polar surface area (TPSA) is 73.1 Å². The SMILES string of the molecule is Cc1ccc(C)c(Nc2ncnc(Oc3ccc4ccccc4c3)c2N)c1. The standard InChI is InChI=1S/C22H20N4O/c1-14-7-8-15(2)19(11-14)26-21-20(23)22(25-13-24-21)27-18-10-9-16-5-3-4-6-17(16)12-18/h3-13H,23H2,1-2H3,(H,24,25,26). The van der Waals surface area contributed by atoms with E-state index in [2.05, 4.69) is 39.6 Å². The van der Waals surface area contributed by atoms with Gasteiger partial charge in [-0.1, -0.05) is 42.5 Å². The Kier molecular flexibility index (Phi) is 4.34. The molecule has 3 aromatic carbocycles. The van der Waals surface area contributed by atoms with E-state index in [-0.39, 0.29) is 0 Å². The molecule has 0 atom stereocenters. The molecule has 0 saturated carbocycles. The number of fused-ring (bicyclic) bond motifs is 1. The van der Waals surface area contributed by atoms with Gasteiger partial charge >= 0.3 is 0 Å². The summed E-state index contributed by atoms with van der Waals surface area (Å²) in [6.07, 6.45) is 1.44. The molecule has 0 amide bonds. The molecule has 0 saturated heterocycles. The number of nitrogens with zero attached hydrogens (tertiary/aromatic N) is 2. The zero-order valence-corrected chi connectivity index (χ0v) is 15.2. The number of rotatable bonds is 4. The van der Waals surface area contributed by atoms with Crippen molar-refractivity contribution in [1.82, 2.24) is 9.97 Å². The number of nitrogen functional groups attached to an aromatic ring is 1. The van der Waals surface area contributed by atoms with Crippen molar-refractivity contribution in [3.8, 4) is 11.6 Å². The highest BCUT2D eigenvalue weighted by Gasteiger charge is 2.12. The lowest BCUT2D eigenvalue weighted by Gasteiger charge is -2.14. The third kappa shape index (κ3) is 3.53. The second kappa shape index (κ2) is 6.96. The van der Waals surface area contributed by atoms with Crippen LogP contribution >= 0.6 is 0 Å². The van der Waals surface area contributed by atoms with Gasteiger partial charge in [0.2, 0.25) is 5.88 Å². The zero-order valence-electron chi connectivity index (χ0n) is 15.2. The first kappa shape index (κ1) is 16.8. The van der Waals surface area contributed by atoms with E-state index in [0.717, 1.165) is 27.6 Å². The van der Waals surface area contributed by atoms with Crippen LogP contribution in [0.3, 0.4) is 0 Å². The van der Waals surface area contributed by atoms with Crippen molar-refractivity contribution in [1.29, 1.82) is 0 Å². The maximum atomic E-state index is 6.27. The van der Waals surface area contributed by atoms with Crippen LogP contribution in [-0.4, -0.2) is 9.97 Å². The van der Waals surface area contributed by atoms with Gasteiger partial charge < -0.3 is 15.8 Å².